The molecule has 11 heteroatoms. The number of aromatic nitrogens is 2. The second kappa shape index (κ2) is 7.33. The van der Waals surface area contributed by atoms with Crippen molar-refractivity contribution in [2.24, 2.45) is 0 Å². The first-order valence-electron chi connectivity index (χ1n) is 6.81. The lowest BCUT2D eigenvalue weighted by molar-refractivity contribution is -0.159. The van der Waals surface area contributed by atoms with Gasteiger partial charge in [0, 0.05) is 12.7 Å². The molecule has 0 aliphatic carbocycles. The highest BCUT2D eigenvalue weighted by atomic mass is 32.2. The fourth-order valence-corrected chi connectivity index (χ4v) is 2.85. The van der Waals surface area contributed by atoms with Crippen LogP contribution in [0, 0.1) is 0 Å². The number of benzene rings is 1. The Bertz CT molecular complexity index is 832. The number of hydrogen-bond donors (Lipinski definition) is 1. The Morgan fingerprint density at radius 2 is 2.00 bits per heavy atom. The molecule has 2 rings (SSSR count). The third-order valence-electron chi connectivity index (χ3n) is 3.00. The SMILES string of the molecule is C=CCS(=O)(=O)NC(OC)c1ccc(-c2noc(C(F)(F)F)n2)cc1. The van der Waals surface area contributed by atoms with E-state index < -0.39 is 28.3 Å². The van der Waals surface area contributed by atoms with Crippen LogP contribution in [-0.4, -0.2) is 31.4 Å². The monoisotopic (exact) mass is 377 g/mol. The lowest BCUT2D eigenvalue weighted by Gasteiger charge is -2.17. The van der Waals surface area contributed by atoms with Gasteiger partial charge in [0.25, 0.3) is 0 Å². The fourth-order valence-electron chi connectivity index (χ4n) is 1.88. The standard InChI is InChI=1S/C14H14F3N3O4S/c1-3-8-25(21,22)20-12(23-2)10-6-4-9(5-7-10)11-18-13(24-19-11)14(15,16)17/h3-7,12,20H,1,8H2,2H3. The zero-order valence-corrected chi connectivity index (χ0v) is 13.8. The summed E-state index contributed by atoms with van der Waals surface area (Å²) in [5.41, 5.74) is 0.713. The average Bonchev–Trinajstić information content (AvgIpc) is 3.03. The van der Waals surface area contributed by atoms with Crippen molar-refractivity contribution in [3.05, 3.63) is 48.4 Å². The Morgan fingerprint density at radius 3 is 2.48 bits per heavy atom. The number of sulfonamides is 1. The van der Waals surface area contributed by atoms with Crippen LogP contribution in [0.2, 0.25) is 0 Å². The second-order valence-corrected chi connectivity index (χ2v) is 6.65. The predicted octanol–water partition coefficient (Wildman–Crippen LogP) is 2.51. The van der Waals surface area contributed by atoms with Gasteiger partial charge in [0.15, 0.2) is 0 Å². The summed E-state index contributed by atoms with van der Waals surface area (Å²) in [4.78, 5) is 3.27. The fraction of sp³-hybridized carbons (Fsp3) is 0.286. The van der Waals surface area contributed by atoms with E-state index in [0.717, 1.165) is 0 Å². The number of nitrogens with one attached hydrogen (secondary N) is 1. The van der Waals surface area contributed by atoms with Gasteiger partial charge in [-0.25, -0.2) is 8.42 Å². The maximum Gasteiger partial charge on any atom is 0.471 e. The Hall–Kier alpha value is -2.24. The van der Waals surface area contributed by atoms with E-state index in [9.17, 15) is 21.6 Å². The first-order valence-corrected chi connectivity index (χ1v) is 8.46. The zero-order valence-electron chi connectivity index (χ0n) is 12.9. The molecule has 1 aromatic heterocycles. The van der Waals surface area contributed by atoms with E-state index in [1.807, 2.05) is 0 Å². The molecule has 1 aromatic carbocycles. The molecule has 136 valence electrons. The molecule has 0 fully saturated rings. The number of hydrogen-bond acceptors (Lipinski definition) is 6. The van der Waals surface area contributed by atoms with E-state index in [2.05, 4.69) is 26.0 Å². The van der Waals surface area contributed by atoms with Gasteiger partial charge in [0.1, 0.15) is 6.23 Å². The summed E-state index contributed by atoms with van der Waals surface area (Å²) in [6.07, 6.45) is -4.46. The van der Waals surface area contributed by atoms with Crippen molar-refractivity contribution in [3.63, 3.8) is 0 Å². The molecule has 1 heterocycles. The Morgan fingerprint density at radius 1 is 1.36 bits per heavy atom. The van der Waals surface area contributed by atoms with E-state index in [1.165, 1.54) is 37.5 Å². The molecule has 0 saturated heterocycles. The molecule has 1 N–H and O–H groups in total. The molecule has 25 heavy (non-hydrogen) atoms. The van der Waals surface area contributed by atoms with E-state index in [4.69, 9.17) is 4.74 Å². The van der Waals surface area contributed by atoms with Gasteiger partial charge in [-0.1, -0.05) is 35.5 Å². The minimum absolute atomic E-state index is 0.236. The number of alkyl halides is 3. The van der Waals surface area contributed by atoms with Crippen LogP contribution in [0.1, 0.15) is 17.7 Å². The first-order chi connectivity index (χ1) is 11.7. The van der Waals surface area contributed by atoms with Gasteiger partial charge in [-0.15, -0.1) is 6.58 Å². The topological polar surface area (TPSA) is 94.3 Å². The van der Waals surface area contributed by atoms with Gasteiger partial charge < -0.3 is 9.26 Å². The van der Waals surface area contributed by atoms with Crippen molar-refractivity contribution in [1.82, 2.24) is 14.9 Å². The van der Waals surface area contributed by atoms with Crippen LogP contribution in [0.3, 0.4) is 0 Å². The highest BCUT2D eigenvalue weighted by Gasteiger charge is 2.38. The molecule has 0 bridgehead atoms. The molecule has 0 aliphatic heterocycles. The molecular weight excluding hydrogens is 363 g/mol. The molecule has 7 nitrogen and oxygen atoms in total. The number of halogens is 3. The van der Waals surface area contributed by atoms with Crippen molar-refractivity contribution in [3.8, 4) is 11.4 Å². The summed E-state index contributed by atoms with van der Waals surface area (Å²) in [7, 11) is -2.31. The van der Waals surface area contributed by atoms with Gasteiger partial charge in [-0.3, -0.25) is 0 Å². The van der Waals surface area contributed by atoms with Gasteiger partial charge in [-0.05, 0) is 5.56 Å². The van der Waals surface area contributed by atoms with E-state index >= 15 is 0 Å². The number of nitrogens with zero attached hydrogens (tertiary/aromatic N) is 2. The predicted molar refractivity (Wildman–Crippen MR) is 81.6 cm³/mol. The first kappa shape index (κ1) is 19.1. The highest BCUT2D eigenvalue weighted by Crippen LogP contribution is 2.29. The number of methoxy groups -OCH3 is 1. The smallest absolute Gasteiger partial charge is 0.361 e. The minimum Gasteiger partial charge on any atom is -0.361 e. The maximum atomic E-state index is 12.5. The quantitative estimate of drug-likeness (QED) is 0.589. The van der Waals surface area contributed by atoms with Gasteiger partial charge in [0.05, 0.1) is 5.75 Å². The molecule has 0 amide bonds. The van der Waals surface area contributed by atoms with Gasteiger partial charge in [0.2, 0.25) is 15.8 Å². The molecular formula is C14H14F3N3O4S. The summed E-state index contributed by atoms with van der Waals surface area (Å²) in [6.45, 7) is 3.35. The Balaban J connectivity index is 2.20. The van der Waals surface area contributed by atoms with Crippen molar-refractivity contribution < 1.29 is 30.8 Å². The molecule has 1 atom stereocenters. The summed E-state index contributed by atoms with van der Waals surface area (Å²) < 4.78 is 72.5. The van der Waals surface area contributed by atoms with Crippen molar-refractivity contribution in [2.45, 2.75) is 12.4 Å². The minimum atomic E-state index is -4.73. The summed E-state index contributed by atoms with van der Waals surface area (Å²) in [6, 6.07) is 5.80. The van der Waals surface area contributed by atoms with Crippen LogP contribution in [0.5, 0.6) is 0 Å². The third kappa shape index (κ3) is 4.87. The van der Waals surface area contributed by atoms with Crippen LogP contribution in [0.4, 0.5) is 13.2 Å². The number of ether oxygens (including phenoxy) is 1. The molecule has 0 saturated carbocycles. The summed E-state index contributed by atoms with van der Waals surface area (Å²) >= 11 is 0. The van der Waals surface area contributed by atoms with Crippen LogP contribution in [-0.2, 0) is 20.9 Å². The molecule has 0 aliphatic rings. The van der Waals surface area contributed by atoms with E-state index in [1.54, 1.807) is 0 Å². The van der Waals surface area contributed by atoms with Crippen LogP contribution < -0.4 is 4.72 Å². The highest BCUT2D eigenvalue weighted by molar-refractivity contribution is 7.89. The lowest BCUT2D eigenvalue weighted by Crippen LogP contribution is -2.31. The third-order valence-corrected chi connectivity index (χ3v) is 4.25. The van der Waals surface area contributed by atoms with Crippen molar-refractivity contribution in [1.29, 1.82) is 0 Å². The Kier molecular flexibility index (Phi) is 5.60. The van der Waals surface area contributed by atoms with E-state index in [-0.39, 0.29) is 17.1 Å². The Labute approximate surface area is 141 Å². The second-order valence-electron chi connectivity index (χ2n) is 4.85. The van der Waals surface area contributed by atoms with Gasteiger partial charge in [-0.2, -0.15) is 22.9 Å². The van der Waals surface area contributed by atoms with Crippen LogP contribution in [0.15, 0.2) is 41.4 Å². The largest absolute Gasteiger partial charge is 0.471 e. The molecule has 0 radical (unpaired) electrons. The van der Waals surface area contributed by atoms with E-state index in [0.29, 0.717) is 5.56 Å². The van der Waals surface area contributed by atoms with Crippen molar-refractivity contribution in [2.75, 3.05) is 12.9 Å². The summed E-state index contributed by atoms with van der Waals surface area (Å²) in [5.74, 6) is -1.97. The molecule has 1 unspecified atom stereocenters. The zero-order chi connectivity index (χ0) is 18.7. The molecule has 0 spiro atoms. The average molecular weight is 377 g/mol. The van der Waals surface area contributed by atoms with Crippen LogP contribution in [0.25, 0.3) is 11.4 Å². The summed E-state index contributed by atoms with van der Waals surface area (Å²) in [5, 5.41) is 3.27. The molecule has 2 aromatic rings. The maximum absolute atomic E-state index is 12.5. The van der Waals surface area contributed by atoms with Crippen molar-refractivity contribution >= 4 is 10.0 Å². The number of rotatable bonds is 7. The lowest BCUT2D eigenvalue weighted by atomic mass is 10.1. The van der Waals surface area contributed by atoms with Gasteiger partial charge >= 0.3 is 12.1 Å². The normalized spacial score (nSPS) is 13.6. The van der Waals surface area contributed by atoms with Crippen LogP contribution >= 0.6 is 0 Å².